The Kier molecular flexibility index (Phi) is 6.95. The zero-order chi connectivity index (χ0) is 15.1. The van der Waals surface area contributed by atoms with Gasteiger partial charge in [0.2, 0.25) is 5.76 Å². The smallest absolute Gasteiger partial charge is 0.425 e. The standard InChI is InChI=1S/C11H15F3O5/c1-4-17-9(15)6-8(10(16)18-5-2)19-7(3)11(12,13)14/h6-7H,4-5H2,1-3H3/b8-6+. The van der Waals surface area contributed by atoms with Crippen LogP contribution in [0.5, 0.6) is 0 Å². The lowest BCUT2D eigenvalue weighted by Gasteiger charge is -2.18. The minimum atomic E-state index is -4.67. The molecule has 0 radical (unpaired) electrons. The third kappa shape index (κ3) is 6.68. The maximum absolute atomic E-state index is 12.3. The minimum Gasteiger partial charge on any atom is -0.474 e. The van der Waals surface area contributed by atoms with Crippen LogP contribution in [0, 0.1) is 0 Å². The summed E-state index contributed by atoms with van der Waals surface area (Å²) in [5.74, 6) is -2.99. The monoisotopic (exact) mass is 284 g/mol. The molecule has 0 fully saturated rings. The van der Waals surface area contributed by atoms with Crippen LogP contribution < -0.4 is 0 Å². The van der Waals surface area contributed by atoms with E-state index >= 15 is 0 Å². The van der Waals surface area contributed by atoms with E-state index < -0.39 is 30.0 Å². The number of rotatable bonds is 6. The van der Waals surface area contributed by atoms with Gasteiger partial charge in [-0.05, 0) is 20.8 Å². The zero-order valence-corrected chi connectivity index (χ0v) is 10.7. The van der Waals surface area contributed by atoms with E-state index in [-0.39, 0.29) is 13.2 Å². The van der Waals surface area contributed by atoms with E-state index in [0.29, 0.717) is 13.0 Å². The van der Waals surface area contributed by atoms with Gasteiger partial charge in [-0.1, -0.05) is 0 Å². The minimum absolute atomic E-state index is 0.0141. The first kappa shape index (κ1) is 17.3. The molecule has 1 atom stereocenters. The first-order chi connectivity index (χ1) is 8.72. The van der Waals surface area contributed by atoms with Gasteiger partial charge in [0, 0.05) is 0 Å². The van der Waals surface area contributed by atoms with E-state index in [4.69, 9.17) is 0 Å². The Hall–Kier alpha value is -1.73. The van der Waals surface area contributed by atoms with E-state index in [9.17, 15) is 22.8 Å². The van der Waals surface area contributed by atoms with Crippen LogP contribution in [-0.2, 0) is 23.8 Å². The Morgan fingerprint density at radius 1 is 1.16 bits per heavy atom. The molecule has 8 heteroatoms. The summed E-state index contributed by atoms with van der Waals surface area (Å²) in [4.78, 5) is 22.5. The second kappa shape index (κ2) is 7.65. The lowest BCUT2D eigenvalue weighted by atomic mass is 10.3. The number of halogens is 3. The van der Waals surface area contributed by atoms with Crippen LogP contribution in [0.2, 0.25) is 0 Å². The van der Waals surface area contributed by atoms with Gasteiger partial charge >= 0.3 is 18.1 Å². The highest BCUT2D eigenvalue weighted by Gasteiger charge is 2.39. The summed E-state index contributed by atoms with van der Waals surface area (Å²) in [5, 5.41) is 0. The van der Waals surface area contributed by atoms with E-state index in [2.05, 4.69) is 14.2 Å². The van der Waals surface area contributed by atoms with E-state index in [1.54, 1.807) is 0 Å². The van der Waals surface area contributed by atoms with Gasteiger partial charge in [0.25, 0.3) is 0 Å². The molecule has 0 aliphatic heterocycles. The van der Waals surface area contributed by atoms with Gasteiger partial charge in [0.1, 0.15) is 0 Å². The van der Waals surface area contributed by atoms with Crippen LogP contribution in [0.1, 0.15) is 20.8 Å². The van der Waals surface area contributed by atoms with E-state index in [1.807, 2.05) is 0 Å². The Labute approximate surface area is 108 Å². The highest BCUT2D eigenvalue weighted by molar-refractivity contribution is 5.94. The lowest BCUT2D eigenvalue weighted by molar-refractivity contribution is -0.206. The second-order valence-corrected chi connectivity index (χ2v) is 3.28. The first-order valence-corrected chi connectivity index (χ1v) is 5.51. The predicted octanol–water partition coefficient (Wildman–Crippen LogP) is 1.96. The molecular weight excluding hydrogens is 269 g/mol. The molecule has 19 heavy (non-hydrogen) atoms. The SMILES string of the molecule is CCOC(=O)/C=C(/OC(C)C(F)(F)F)C(=O)OCC. The second-order valence-electron chi connectivity index (χ2n) is 3.28. The summed E-state index contributed by atoms with van der Waals surface area (Å²) in [6.07, 6.45) is -6.39. The van der Waals surface area contributed by atoms with Crippen molar-refractivity contribution in [2.75, 3.05) is 13.2 Å². The molecule has 0 saturated heterocycles. The molecular formula is C11H15F3O5. The van der Waals surface area contributed by atoms with E-state index in [0.717, 1.165) is 0 Å². The topological polar surface area (TPSA) is 61.8 Å². The molecule has 0 aliphatic carbocycles. The highest BCUT2D eigenvalue weighted by Crippen LogP contribution is 2.24. The maximum atomic E-state index is 12.3. The zero-order valence-electron chi connectivity index (χ0n) is 10.7. The van der Waals surface area contributed by atoms with Crippen molar-refractivity contribution in [2.24, 2.45) is 0 Å². The number of carbonyl (C=O) groups is 2. The van der Waals surface area contributed by atoms with Crippen LogP contribution >= 0.6 is 0 Å². The first-order valence-electron chi connectivity index (χ1n) is 5.51. The van der Waals surface area contributed by atoms with Crippen molar-refractivity contribution in [3.05, 3.63) is 11.8 Å². The average molecular weight is 284 g/mol. The van der Waals surface area contributed by atoms with Gasteiger partial charge in [-0.3, -0.25) is 0 Å². The molecule has 5 nitrogen and oxygen atoms in total. The molecule has 0 aromatic carbocycles. The number of hydrogen-bond acceptors (Lipinski definition) is 5. The van der Waals surface area contributed by atoms with Crippen LogP contribution in [0.15, 0.2) is 11.8 Å². The molecule has 0 aromatic heterocycles. The molecule has 0 spiro atoms. The van der Waals surface area contributed by atoms with Gasteiger partial charge in [-0.2, -0.15) is 13.2 Å². The third-order valence-corrected chi connectivity index (χ3v) is 1.78. The van der Waals surface area contributed by atoms with Crippen molar-refractivity contribution < 1.29 is 37.0 Å². The fourth-order valence-electron chi connectivity index (χ4n) is 0.892. The van der Waals surface area contributed by atoms with Gasteiger partial charge in [0.15, 0.2) is 6.10 Å². The Bertz CT molecular complexity index is 349. The largest absolute Gasteiger partial charge is 0.474 e. The summed E-state index contributed by atoms with van der Waals surface area (Å²) in [5.41, 5.74) is 0. The number of carbonyl (C=O) groups excluding carboxylic acids is 2. The van der Waals surface area contributed by atoms with Gasteiger partial charge in [-0.25, -0.2) is 9.59 Å². The molecule has 0 aromatic rings. The fraction of sp³-hybridized carbons (Fsp3) is 0.636. The summed E-state index contributed by atoms with van der Waals surface area (Å²) < 4.78 is 50.4. The van der Waals surface area contributed by atoms with Crippen LogP contribution in [0.25, 0.3) is 0 Å². The van der Waals surface area contributed by atoms with Crippen molar-refractivity contribution in [1.82, 2.24) is 0 Å². The number of esters is 2. The molecule has 0 aliphatic rings. The van der Waals surface area contributed by atoms with Crippen molar-refractivity contribution in [2.45, 2.75) is 33.1 Å². The number of ether oxygens (including phenoxy) is 3. The van der Waals surface area contributed by atoms with Crippen LogP contribution in [0.3, 0.4) is 0 Å². The van der Waals surface area contributed by atoms with Crippen molar-refractivity contribution >= 4 is 11.9 Å². The van der Waals surface area contributed by atoms with Gasteiger partial charge < -0.3 is 14.2 Å². The Morgan fingerprint density at radius 3 is 2.11 bits per heavy atom. The lowest BCUT2D eigenvalue weighted by Crippen LogP contribution is -2.30. The molecule has 0 heterocycles. The normalized spacial score (nSPS) is 13.7. The third-order valence-electron chi connectivity index (χ3n) is 1.78. The molecule has 1 unspecified atom stereocenters. The quantitative estimate of drug-likeness (QED) is 0.424. The highest BCUT2D eigenvalue weighted by atomic mass is 19.4. The maximum Gasteiger partial charge on any atom is 0.425 e. The summed E-state index contributed by atoms with van der Waals surface area (Å²) in [7, 11) is 0. The molecule has 110 valence electrons. The van der Waals surface area contributed by atoms with Gasteiger partial charge in [-0.15, -0.1) is 0 Å². The van der Waals surface area contributed by atoms with Crippen molar-refractivity contribution in [3.8, 4) is 0 Å². The molecule has 0 saturated carbocycles. The fourth-order valence-corrected chi connectivity index (χ4v) is 0.892. The average Bonchev–Trinajstić information content (AvgIpc) is 2.27. The number of hydrogen-bond donors (Lipinski definition) is 0. The van der Waals surface area contributed by atoms with Crippen LogP contribution in [-0.4, -0.2) is 37.4 Å². The number of alkyl halides is 3. The van der Waals surface area contributed by atoms with E-state index in [1.165, 1.54) is 13.8 Å². The molecule has 0 N–H and O–H groups in total. The molecule has 0 bridgehead atoms. The molecule has 0 amide bonds. The Morgan fingerprint density at radius 2 is 1.68 bits per heavy atom. The van der Waals surface area contributed by atoms with Gasteiger partial charge in [0.05, 0.1) is 19.3 Å². The Balaban J connectivity index is 4.97. The van der Waals surface area contributed by atoms with Crippen molar-refractivity contribution in [3.63, 3.8) is 0 Å². The molecule has 0 rings (SSSR count). The summed E-state index contributed by atoms with van der Waals surface area (Å²) in [6.45, 7) is 3.63. The summed E-state index contributed by atoms with van der Waals surface area (Å²) >= 11 is 0. The van der Waals surface area contributed by atoms with Crippen molar-refractivity contribution in [1.29, 1.82) is 0 Å². The van der Waals surface area contributed by atoms with Crippen LogP contribution in [0.4, 0.5) is 13.2 Å². The summed E-state index contributed by atoms with van der Waals surface area (Å²) in [6, 6.07) is 0. The predicted molar refractivity (Wildman–Crippen MR) is 58.0 cm³/mol.